The number of aromatic amines is 1. The maximum Gasteiger partial charge on any atom is 0.0457 e. The SMILES string of the molecule is CCc1c[nH]c2ccc(-c3ccccc3)cc12. The van der Waals surface area contributed by atoms with Gasteiger partial charge in [0.25, 0.3) is 0 Å². The molecule has 2 aromatic carbocycles. The molecule has 1 nitrogen and oxygen atoms in total. The highest BCUT2D eigenvalue weighted by Crippen LogP contribution is 2.26. The topological polar surface area (TPSA) is 15.8 Å². The Kier molecular flexibility index (Phi) is 2.45. The molecule has 17 heavy (non-hydrogen) atoms. The molecular weight excluding hydrogens is 206 g/mol. The number of rotatable bonds is 2. The second-order valence-electron chi connectivity index (χ2n) is 4.29. The average Bonchev–Trinajstić information content (AvgIpc) is 2.81. The quantitative estimate of drug-likeness (QED) is 0.660. The molecule has 0 fully saturated rings. The molecule has 1 heteroatoms. The molecule has 0 spiro atoms. The second-order valence-corrected chi connectivity index (χ2v) is 4.29. The van der Waals surface area contributed by atoms with E-state index in [2.05, 4.69) is 66.6 Å². The third-order valence-electron chi connectivity index (χ3n) is 3.26. The van der Waals surface area contributed by atoms with Gasteiger partial charge in [0.15, 0.2) is 0 Å². The molecule has 0 aliphatic rings. The fourth-order valence-corrected chi connectivity index (χ4v) is 2.28. The second kappa shape index (κ2) is 4.10. The third kappa shape index (κ3) is 1.74. The average molecular weight is 221 g/mol. The molecule has 3 aromatic rings. The first-order valence-electron chi connectivity index (χ1n) is 6.04. The molecule has 0 unspecified atom stereocenters. The number of fused-ring (bicyclic) bond motifs is 1. The summed E-state index contributed by atoms with van der Waals surface area (Å²) in [7, 11) is 0. The van der Waals surface area contributed by atoms with E-state index in [1.54, 1.807) is 0 Å². The van der Waals surface area contributed by atoms with Crippen LogP contribution in [0.5, 0.6) is 0 Å². The van der Waals surface area contributed by atoms with Gasteiger partial charge in [-0.05, 0) is 35.2 Å². The van der Waals surface area contributed by atoms with Crippen LogP contribution < -0.4 is 0 Å². The van der Waals surface area contributed by atoms with Crippen molar-refractivity contribution in [1.82, 2.24) is 4.98 Å². The summed E-state index contributed by atoms with van der Waals surface area (Å²) in [5.41, 5.74) is 5.17. The van der Waals surface area contributed by atoms with Crippen LogP contribution in [0.1, 0.15) is 12.5 Å². The summed E-state index contributed by atoms with van der Waals surface area (Å²) in [6.07, 6.45) is 3.18. The summed E-state index contributed by atoms with van der Waals surface area (Å²) in [4.78, 5) is 3.32. The van der Waals surface area contributed by atoms with E-state index in [9.17, 15) is 0 Å². The minimum absolute atomic E-state index is 1.07. The zero-order valence-electron chi connectivity index (χ0n) is 9.90. The van der Waals surface area contributed by atoms with Crippen molar-refractivity contribution in [1.29, 1.82) is 0 Å². The third-order valence-corrected chi connectivity index (χ3v) is 3.26. The van der Waals surface area contributed by atoms with Crippen molar-refractivity contribution >= 4 is 10.9 Å². The Morgan fingerprint density at radius 2 is 1.76 bits per heavy atom. The molecule has 0 saturated heterocycles. The molecule has 0 aliphatic heterocycles. The van der Waals surface area contributed by atoms with Gasteiger partial charge in [-0.15, -0.1) is 0 Å². The van der Waals surface area contributed by atoms with E-state index in [0.29, 0.717) is 0 Å². The molecule has 3 rings (SSSR count). The zero-order valence-corrected chi connectivity index (χ0v) is 9.90. The fourth-order valence-electron chi connectivity index (χ4n) is 2.28. The Labute approximate surface area is 101 Å². The lowest BCUT2D eigenvalue weighted by Gasteiger charge is -2.02. The number of nitrogens with one attached hydrogen (secondary N) is 1. The summed E-state index contributed by atoms with van der Waals surface area (Å²) in [6.45, 7) is 2.19. The van der Waals surface area contributed by atoms with E-state index in [1.165, 1.54) is 27.6 Å². The van der Waals surface area contributed by atoms with E-state index < -0.39 is 0 Å². The minimum atomic E-state index is 1.07. The van der Waals surface area contributed by atoms with Crippen LogP contribution in [0, 0.1) is 0 Å². The van der Waals surface area contributed by atoms with Crippen molar-refractivity contribution < 1.29 is 0 Å². The normalized spacial score (nSPS) is 10.9. The van der Waals surface area contributed by atoms with Crippen LogP contribution in [-0.2, 0) is 6.42 Å². The van der Waals surface area contributed by atoms with Crippen LogP contribution in [0.15, 0.2) is 54.7 Å². The summed E-state index contributed by atoms with van der Waals surface area (Å²) in [6, 6.07) is 17.1. The van der Waals surface area contributed by atoms with Gasteiger partial charge in [0.05, 0.1) is 0 Å². The molecule has 1 N–H and O–H groups in total. The Balaban J connectivity index is 2.19. The van der Waals surface area contributed by atoms with Crippen molar-refractivity contribution in [3.8, 4) is 11.1 Å². The number of hydrogen-bond acceptors (Lipinski definition) is 0. The molecule has 0 atom stereocenters. The van der Waals surface area contributed by atoms with Gasteiger partial charge in [0.2, 0.25) is 0 Å². The van der Waals surface area contributed by atoms with Crippen LogP contribution in [-0.4, -0.2) is 4.98 Å². The highest BCUT2D eigenvalue weighted by molar-refractivity contribution is 5.88. The van der Waals surface area contributed by atoms with Gasteiger partial charge in [0.1, 0.15) is 0 Å². The fraction of sp³-hybridized carbons (Fsp3) is 0.125. The lowest BCUT2D eigenvalue weighted by atomic mass is 10.0. The molecule has 0 amide bonds. The monoisotopic (exact) mass is 221 g/mol. The molecule has 1 heterocycles. The first kappa shape index (κ1) is 10.2. The van der Waals surface area contributed by atoms with Crippen molar-refractivity contribution in [3.63, 3.8) is 0 Å². The maximum atomic E-state index is 3.32. The van der Waals surface area contributed by atoms with Gasteiger partial charge in [0, 0.05) is 17.1 Å². The number of H-pyrrole nitrogens is 1. The molecule has 0 saturated carbocycles. The number of hydrogen-bond donors (Lipinski definition) is 1. The van der Waals surface area contributed by atoms with E-state index in [-0.39, 0.29) is 0 Å². The minimum Gasteiger partial charge on any atom is -0.361 e. The van der Waals surface area contributed by atoms with Crippen LogP contribution >= 0.6 is 0 Å². The van der Waals surface area contributed by atoms with E-state index in [4.69, 9.17) is 0 Å². The number of aryl methyl sites for hydroxylation is 1. The predicted molar refractivity (Wildman–Crippen MR) is 73.1 cm³/mol. The Morgan fingerprint density at radius 3 is 2.53 bits per heavy atom. The molecule has 1 aromatic heterocycles. The van der Waals surface area contributed by atoms with Gasteiger partial charge in [-0.25, -0.2) is 0 Å². The van der Waals surface area contributed by atoms with Gasteiger partial charge in [-0.2, -0.15) is 0 Å². The number of aromatic nitrogens is 1. The van der Waals surface area contributed by atoms with Gasteiger partial charge < -0.3 is 4.98 Å². The van der Waals surface area contributed by atoms with E-state index in [0.717, 1.165) is 6.42 Å². The van der Waals surface area contributed by atoms with Gasteiger partial charge >= 0.3 is 0 Å². The van der Waals surface area contributed by atoms with Crippen molar-refractivity contribution in [2.45, 2.75) is 13.3 Å². The van der Waals surface area contributed by atoms with Gasteiger partial charge in [-0.1, -0.05) is 43.3 Å². The zero-order chi connectivity index (χ0) is 11.7. The Bertz CT molecular complexity index is 635. The van der Waals surface area contributed by atoms with E-state index in [1.807, 2.05) is 0 Å². The molecule has 0 radical (unpaired) electrons. The van der Waals surface area contributed by atoms with Crippen LogP contribution in [0.4, 0.5) is 0 Å². The standard InChI is InChI=1S/C16H15N/c1-2-12-11-17-16-9-8-14(10-15(12)16)13-6-4-3-5-7-13/h3-11,17H,2H2,1H3. The van der Waals surface area contributed by atoms with Crippen LogP contribution in [0.2, 0.25) is 0 Å². The molecule has 0 bridgehead atoms. The summed E-state index contributed by atoms with van der Waals surface area (Å²) in [5, 5.41) is 1.34. The van der Waals surface area contributed by atoms with Crippen molar-refractivity contribution in [3.05, 3.63) is 60.3 Å². The highest BCUT2D eigenvalue weighted by atomic mass is 14.7. The lowest BCUT2D eigenvalue weighted by Crippen LogP contribution is -1.79. The smallest absolute Gasteiger partial charge is 0.0457 e. The molecule has 84 valence electrons. The Morgan fingerprint density at radius 1 is 0.941 bits per heavy atom. The predicted octanol–water partition coefficient (Wildman–Crippen LogP) is 4.40. The first-order chi connectivity index (χ1) is 8.38. The van der Waals surface area contributed by atoms with Crippen molar-refractivity contribution in [2.24, 2.45) is 0 Å². The Hall–Kier alpha value is -2.02. The first-order valence-corrected chi connectivity index (χ1v) is 6.04. The molecule has 0 aliphatic carbocycles. The van der Waals surface area contributed by atoms with Crippen LogP contribution in [0.3, 0.4) is 0 Å². The maximum absolute atomic E-state index is 3.32. The van der Waals surface area contributed by atoms with Gasteiger partial charge in [-0.3, -0.25) is 0 Å². The highest BCUT2D eigenvalue weighted by Gasteiger charge is 2.03. The lowest BCUT2D eigenvalue weighted by molar-refractivity contribution is 1.15. The van der Waals surface area contributed by atoms with Crippen LogP contribution in [0.25, 0.3) is 22.0 Å². The van der Waals surface area contributed by atoms with Crippen molar-refractivity contribution in [2.75, 3.05) is 0 Å². The van der Waals surface area contributed by atoms with E-state index >= 15 is 0 Å². The summed E-state index contributed by atoms with van der Waals surface area (Å²) in [5.74, 6) is 0. The number of benzene rings is 2. The molecular formula is C16H15N. The summed E-state index contributed by atoms with van der Waals surface area (Å²) >= 11 is 0. The largest absolute Gasteiger partial charge is 0.361 e. The summed E-state index contributed by atoms with van der Waals surface area (Å²) < 4.78 is 0.